The first-order valence-electron chi connectivity index (χ1n) is 7.18. The van der Waals surface area contributed by atoms with Gasteiger partial charge in [0.15, 0.2) is 0 Å². The minimum atomic E-state index is -2.82. The van der Waals surface area contributed by atoms with E-state index in [-0.39, 0.29) is 25.7 Å². The van der Waals surface area contributed by atoms with Crippen LogP contribution in [0.4, 0.5) is 13.6 Å². The molecule has 0 aromatic heterocycles. The number of alkyl carbamates (subject to hydrolysis) is 1. The highest BCUT2D eigenvalue weighted by molar-refractivity contribution is 5.79. The maximum absolute atomic E-state index is 13.2. The summed E-state index contributed by atoms with van der Waals surface area (Å²) >= 11 is 0. The molecular weight excluding hydrogens is 296 g/mol. The van der Waals surface area contributed by atoms with Crippen LogP contribution in [-0.4, -0.2) is 34.7 Å². The van der Waals surface area contributed by atoms with E-state index in [1.807, 2.05) is 0 Å². The Hall–Kier alpha value is -1.66. The Labute approximate surface area is 129 Å². The van der Waals surface area contributed by atoms with Gasteiger partial charge < -0.3 is 15.2 Å². The fourth-order valence-electron chi connectivity index (χ4n) is 1.75. The molecule has 0 rings (SSSR count). The number of carbonyl (C=O) groups excluding carboxylic acids is 1. The smallest absolute Gasteiger partial charge is 0.408 e. The lowest BCUT2D eigenvalue weighted by Crippen LogP contribution is -2.43. The van der Waals surface area contributed by atoms with Crippen LogP contribution in [0.25, 0.3) is 0 Å². The molecule has 0 aromatic rings. The molecule has 0 unspecified atom stereocenters. The molecule has 0 aliphatic carbocycles. The standard InChI is InChI=1S/C15H25F2NO4/c1-5-9-15(16,17)10-7-6-8-11(12(19)20)18-13(21)22-14(2,3)4/h5,11H,1,6-10H2,2-4H3,(H,18,21)(H,19,20)/t11-/m0/s1. The van der Waals surface area contributed by atoms with E-state index >= 15 is 0 Å². The van der Waals surface area contributed by atoms with Crippen LogP contribution in [0.15, 0.2) is 12.7 Å². The van der Waals surface area contributed by atoms with Gasteiger partial charge in [0.2, 0.25) is 0 Å². The van der Waals surface area contributed by atoms with Crippen molar-refractivity contribution in [3.8, 4) is 0 Å². The van der Waals surface area contributed by atoms with Crippen LogP contribution in [0.5, 0.6) is 0 Å². The number of carboxylic acid groups (broad SMARTS) is 1. The molecule has 1 amide bonds. The number of nitrogens with one attached hydrogen (secondary N) is 1. The summed E-state index contributed by atoms with van der Waals surface area (Å²) in [5.74, 6) is -4.04. The van der Waals surface area contributed by atoms with E-state index < -0.39 is 36.0 Å². The molecule has 0 saturated carbocycles. The van der Waals surface area contributed by atoms with Gasteiger partial charge in [-0.25, -0.2) is 18.4 Å². The van der Waals surface area contributed by atoms with Crippen LogP contribution in [0.1, 0.15) is 52.9 Å². The highest BCUT2D eigenvalue weighted by Gasteiger charge is 2.27. The molecule has 1 atom stereocenters. The zero-order valence-corrected chi connectivity index (χ0v) is 13.3. The van der Waals surface area contributed by atoms with Crippen LogP contribution >= 0.6 is 0 Å². The molecule has 0 aromatic carbocycles. The van der Waals surface area contributed by atoms with Crippen LogP contribution in [0.2, 0.25) is 0 Å². The van der Waals surface area contributed by atoms with Crippen molar-refractivity contribution in [2.24, 2.45) is 0 Å². The number of rotatable bonds is 9. The third-order valence-electron chi connectivity index (χ3n) is 2.72. The Morgan fingerprint density at radius 2 is 1.91 bits per heavy atom. The van der Waals surface area contributed by atoms with Crippen molar-refractivity contribution in [3.63, 3.8) is 0 Å². The van der Waals surface area contributed by atoms with E-state index in [0.717, 1.165) is 6.08 Å². The summed E-state index contributed by atoms with van der Waals surface area (Å²) in [4.78, 5) is 22.6. The van der Waals surface area contributed by atoms with Gasteiger partial charge >= 0.3 is 12.1 Å². The molecule has 0 aliphatic heterocycles. The molecule has 22 heavy (non-hydrogen) atoms. The van der Waals surface area contributed by atoms with Crippen molar-refractivity contribution in [1.82, 2.24) is 5.32 Å². The second-order valence-electron chi connectivity index (χ2n) is 6.13. The molecule has 0 radical (unpaired) electrons. The van der Waals surface area contributed by atoms with Crippen LogP contribution < -0.4 is 5.32 Å². The zero-order valence-electron chi connectivity index (χ0n) is 13.3. The molecule has 2 N–H and O–H groups in total. The maximum Gasteiger partial charge on any atom is 0.408 e. The second kappa shape index (κ2) is 8.70. The quantitative estimate of drug-likeness (QED) is 0.501. The van der Waals surface area contributed by atoms with Gasteiger partial charge in [-0.3, -0.25) is 0 Å². The summed E-state index contributed by atoms with van der Waals surface area (Å²) in [5, 5.41) is 11.3. The first kappa shape index (κ1) is 20.3. The predicted molar refractivity (Wildman–Crippen MR) is 79.0 cm³/mol. The molecule has 5 nitrogen and oxygen atoms in total. The summed E-state index contributed by atoms with van der Waals surface area (Å²) < 4.78 is 31.4. The van der Waals surface area contributed by atoms with Gasteiger partial charge in [-0.15, -0.1) is 6.58 Å². The molecule has 0 heterocycles. The summed E-state index contributed by atoms with van der Waals surface area (Å²) in [7, 11) is 0. The number of alkyl halides is 2. The van der Waals surface area contributed by atoms with E-state index in [0.29, 0.717) is 0 Å². The molecule has 0 bridgehead atoms. The highest BCUT2D eigenvalue weighted by atomic mass is 19.3. The highest BCUT2D eigenvalue weighted by Crippen LogP contribution is 2.26. The van der Waals surface area contributed by atoms with E-state index in [4.69, 9.17) is 9.84 Å². The van der Waals surface area contributed by atoms with Crippen molar-refractivity contribution < 1.29 is 28.2 Å². The Bertz CT molecular complexity index is 391. The average Bonchev–Trinajstić information content (AvgIpc) is 2.30. The van der Waals surface area contributed by atoms with Gasteiger partial charge in [0.05, 0.1) is 0 Å². The van der Waals surface area contributed by atoms with Crippen molar-refractivity contribution in [1.29, 1.82) is 0 Å². The Balaban J connectivity index is 4.24. The third kappa shape index (κ3) is 10.1. The van der Waals surface area contributed by atoms with Crippen molar-refractivity contribution in [2.45, 2.75) is 70.4 Å². The summed E-state index contributed by atoms with van der Waals surface area (Å²) in [6.45, 7) is 8.24. The maximum atomic E-state index is 13.2. The fourth-order valence-corrected chi connectivity index (χ4v) is 1.75. The lowest BCUT2D eigenvalue weighted by atomic mass is 10.0. The number of carboxylic acids is 1. The van der Waals surface area contributed by atoms with Crippen molar-refractivity contribution in [2.75, 3.05) is 0 Å². The number of hydrogen-bond acceptors (Lipinski definition) is 3. The van der Waals surface area contributed by atoms with Crippen molar-refractivity contribution >= 4 is 12.1 Å². The number of allylic oxidation sites excluding steroid dienone is 1. The summed E-state index contributed by atoms with van der Waals surface area (Å²) in [6.07, 6.45) is 0.0867. The summed E-state index contributed by atoms with van der Waals surface area (Å²) in [6, 6.07) is -1.15. The number of amides is 1. The minimum absolute atomic E-state index is 0.0682. The number of carbonyl (C=O) groups is 2. The van der Waals surface area contributed by atoms with Crippen LogP contribution in [-0.2, 0) is 9.53 Å². The first-order chi connectivity index (χ1) is 9.97. The SMILES string of the molecule is C=CCC(F)(F)CCCC[C@H](NC(=O)OC(C)(C)C)C(=O)O. The van der Waals surface area contributed by atoms with Crippen LogP contribution in [0.3, 0.4) is 0 Å². The number of ether oxygens (including phenoxy) is 1. The molecule has 0 fully saturated rings. The largest absolute Gasteiger partial charge is 0.480 e. The third-order valence-corrected chi connectivity index (χ3v) is 2.72. The van der Waals surface area contributed by atoms with Crippen molar-refractivity contribution in [3.05, 3.63) is 12.7 Å². The summed E-state index contributed by atoms with van der Waals surface area (Å²) in [5.41, 5.74) is -0.736. The van der Waals surface area contributed by atoms with E-state index in [2.05, 4.69) is 11.9 Å². The van der Waals surface area contributed by atoms with Gasteiger partial charge in [-0.2, -0.15) is 0 Å². The number of halogens is 2. The van der Waals surface area contributed by atoms with Gasteiger partial charge in [0, 0.05) is 12.8 Å². The topological polar surface area (TPSA) is 75.6 Å². The van der Waals surface area contributed by atoms with Gasteiger partial charge in [-0.1, -0.05) is 12.5 Å². The molecule has 0 saturated heterocycles. The molecule has 0 aliphatic rings. The predicted octanol–water partition coefficient (Wildman–Crippen LogP) is 3.74. The molecule has 128 valence electrons. The monoisotopic (exact) mass is 321 g/mol. The number of aliphatic carboxylic acids is 1. The molecular formula is C15H25F2NO4. The average molecular weight is 321 g/mol. The Morgan fingerprint density at radius 3 is 2.36 bits per heavy atom. The van der Waals surface area contributed by atoms with Crippen LogP contribution in [0, 0.1) is 0 Å². The second-order valence-corrected chi connectivity index (χ2v) is 6.13. The molecule has 7 heteroatoms. The van der Waals surface area contributed by atoms with E-state index in [1.54, 1.807) is 20.8 Å². The lowest BCUT2D eigenvalue weighted by molar-refractivity contribution is -0.139. The van der Waals surface area contributed by atoms with Gasteiger partial charge in [0.25, 0.3) is 5.92 Å². The van der Waals surface area contributed by atoms with E-state index in [1.165, 1.54) is 0 Å². The molecule has 0 spiro atoms. The fraction of sp³-hybridized carbons (Fsp3) is 0.733. The lowest BCUT2D eigenvalue weighted by Gasteiger charge is -2.22. The normalized spacial score (nSPS) is 13.3. The minimum Gasteiger partial charge on any atom is -0.480 e. The Morgan fingerprint density at radius 1 is 1.32 bits per heavy atom. The number of unbranched alkanes of at least 4 members (excludes halogenated alkanes) is 1. The zero-order chi connectivity index (χ0) is 17.4. The van der Waals surface area contributed by atoms with E-state index in [9.17, 15) is 18.4 Å². The number of hydrogen-bond donors (Lipinski definition) is 2. The Kier molecular flexibility index (Phi) is 8.05. The van der Waals surface area contributed by atoms with Gasteiger partial charge in [0.1, 0.15) is 11.6 Å². The first-order valence-corrected chi connectivity index (χ1v) is 7.18. The van der Waals surface area contributed by atoms with Gasteiger partial charge in [-0.05, 0) is 33.6 Å².